The molecule has 0 unspecified atom stereocenters. The minimum absolute atomic E-state index is 0.557. The molecule has 0 aliphatic carbocycles. The van der Waals surface area contributed by atoms with Crippen molar-refractivity contribution in [3.05, 3.63) is 84.7 Å². The summed E-state index contributed by atoms with van der Waals surface area (Å²) in [6.45, 7) is 0.557. The van der Waals surface area contributed by atoms with Crippen molar-refractivity contribution in [2.45, 2.75) is 11.5 Å². The van der Waals surface area contributed by atoms with Gasteiger partial charge in [-0.05, 0) is 54.3 Å². The molecule has 4 rings (SSSR count). The summed E-state index contributed by atoms with van der Waals surface area (Å²) in [4.78, 5) is 9.94. The van der Waals surface area contributed by atoms with Crippen LogP contribution in [0.25, 0.3) is 10.9 Å². The second kappa shape index (κ2) is 8.10. The monoisotopic (exact) mass is 373 g/mol. The van der Waals surface area contributed by atoms with Crippen LogP contribution in [0.2, 0.25) is 0 Å². The van der Waals surface area contributed by atoms with Crippen LogP contribution in [-0.4, -0.2) is 16.2 Å². The van der Waals surface area contributed by atoms with E-state index in [1.807, 2.05) is 48.5 Å². The van der Waals surface area contributed by atoms with E-state index in [4.69, 9.17) is 4.74 Å². The molecule has 0 saturated carbocycles. The molecular formula is C22H19N3OS. The third-order valence-corrected chi connectivity index (χ3v) is 4.93. The molecule has 27 heavy (non-hydrogen) atoms. The summed E-state index contributed by atoms with van der Waals surface area (Å²) >= 11 is 1.70. The highest BCUT2D eigenvalue weighted by atomic mass is 32.2. The third kappa shape index (κ3) is 4.20. The Bertz CT molecular complexity index is 1040. The molecule has 0 fully saturated rings. The maximum Gasteiger partial charge on any atom is 0.141 e. The van der Waals surface area contributed by atoms with E-state index >= 15 is 0 Å². The molecule has 0 radical (unpaired) electrons. The van der Waals surface area contributed by atoms with Crippen molar-refractivity contribution in [1.82, 2.24) is 9.97 Å². The number of ether oxygens (including phenoxy) is 1. The number of fused-ring (bicyclic) bond motifs is 1. The summed E-state index contributed by atoms with van der Waals surface area (Å²) in [6, 6.07) is 24.3. The Balaban J connectivity index is 1.49. The minimum atomic E-state index is 0.557. The lowest BCUT2D eigenvalue weighted by Crippen LogP contribution is -1.97. The van der Waals surface area contributed by atoms with Crippen molar-refractivity contribution in [3.63, 3.8) is 0 Å². The summed E-state index contributed by atoms with van der Waals surface area (Å²) in [6.07, 6.45) is 3.65. The fourth-order valence-corrected chi connectivity index (χ4v) is 3.21. The molecule has 4 aromatic rings. The Hall–Kier alpha value is -3.05. The number of nitrogens with zero attached hydrogens (tertiary/aromatic N) is 2. The van der Waals surface area contributed by atoms with Gasteiger partial charge in [0.1, 0.15) is 24.5 Å². The summed E-state index contributed by atoms with van der Waals surface area (Å²) in [7, 11) is 0. The third-order valence-electron chi connectivity index (χ3n) is 4.21. The number of aromatic nitrogens is 2. The van der Waals surface area contributed by atoms with Gasteiger partial charge in [-0.3, -0.25) is 0 Å². The van der Waals surface area contributed by atoms with Crippen LogP contribution in [0.15, 0.2) is 84.0 Å². The summed E-state index contributed by atoms with van der Waals surface area (Å²) in [5, 5.41) is 4.39. The van der Waals surface area contributed by atoms with Gasteiger partial charge in [-0.1, -0.05) is 30.3 Å². The van der Waals surface area contributed by atoms with Gasteiger partial charge in [0.2, 0.25) is 0 Å². The maximum absolute atomic E-state index is 5.84. The molecular weight excluding hydrogens is 354 g/mol. The van der Waals surface area contributed by atoms with Gasteiger partial charge in [0.15, 0.2) is 0 Å². The average Bonchev–Trinajstić information content (AvgIpc) is 2.74. The molecule has 0 saturated heterocycles. The number of benzene rings is 3. The van der Waals surface area contributed by atoms with Crippen LogP contribution < -0.4 is 10.1 Å². The highest BCUT2D eigenvalue weighted by molar-refractivity contribution is 7.98. The van der Waals surface area contributed by atoms with Gasteiger partial charge in [0, 0.05) is 16.0 Å². The normalized spacial score (nSPS) is 10.7. The number of rotatable bonds is 6. The van der Waals surface area contributed by atoms with E-state index in [1.165, 1.54) is 4.90 Å². The quantitative estimate of drug-likeness (QED) is 0.441. The first kappa shape index (κ1) is 17.4. The highest BCUT2D eigenvalue weighted by Crippen LogP contribution is 2.27. The predicted molar refractivity (Wildman–Crippen MR) is 112 cm³/mol. The molecule has 0 amide bonds. The topological polar surface area (TPSA) is 47.0 Å². The van der Waals surface area contributed by atoms with E-state index in [0.717, 1.165) is 33.7 Å². The lowest BCUT2D eigenvalue weighted by molar-refractivity contribution is 0.306. The van der Waals surface area contributed by atoms with Crippen molar-refractivity contribution in [3.8, 4) is 5.75 Å². The Kier molecular flexibility index (Phi) is 5.21. The summed E-state index contributed by atoms with van der Waals surface area (Å²) < 4.78 is 5.84. The first-order valence-corrected chi connectivity index (χ1v) is 9.87. The van der Waals surface area contributed by atoms with Crippen LogP contribution in [0.3, 0.4) is 0 Å². The van der Waals surface area contributed by atoms with E-state index in [-0.39, 0.29) is 0 Å². The van der Waals surface area contributed by atoms with E-state index < -0.39 is 0 Å². The fourth-order valence-electron chi connectivity index (χ4n) is 2.77. The van der Waals surface area contributed by atoms with Gasteiger partial charge in [0.25, 0.3) is 0 Å². The number of hydrogen-bond acceptors (Lipinski definition) is 5. The standard InChI is InChI=1S/C22H19N3OS/c1-27-19-11-12-21-20(13-19)22(24-15-23-21)25-17-7-9-18(10-8-17)26-14-16-5-3-2-4-6-16/h2-13,15H,14H2,1H3,(H,23,24,25). The SMILES string of the molecule is CSc1ccc2ncnc(Nc3ccc(OCc4ccccc4)cc3)c2c1. The van der Waals surface area contributed by atoms with Gasteiger partial charge in [-0.15, -0.1) is 11.8 Å². The maximum atomic E-state index is 5.84. The van der Waals surface area contributed by atoms with Crippen LogP contribution in [0, 0.1) is 0 Å². The Morgan fingerprint density at radius 1 is 0.926 bits per heavy atom. The van der Waals surface area contributed by atoms with Crippen molar-refractivity contribution in [2.75, 3.05) is 11.6 Å². The van der Waals surface area contributed by atoms with Crippen molar-refractivity contribution >= 4 is 34.2 Å². The largest absolute Gasteiger partial charge is 0.489 e. The van der Waals surface area contributed by atoms with Gasteiger partial charge in [0.05, 0.1) is 5.52 Å². The zero-order valence-corrected chi connectivity index (χ0v) is 15.7. The second-order valence-corrected chi connectivity index (χ2v) is 6.91. The molecule has 0 spiro atoms. The van der Waals surface area contributed by atoms with Crippen LogP contribution in [0.4, 0.5) is 11.5 Å². The molecule has 5 heteroatoms. The summed E-state index contributed by atoms with van der Waals surface area (Å²) in [5.41, 5.74) is 3.03. The Morgan fingerprint density at radius 2 is 1.74 bits per heavy atom. The lowest BCUT2D eigenvalue weighted by Gasteiger charge is -2.10. The fraction of sp³-hybridized carbons (Fsp3) is 0.0909. The first-order valence-electron chi connectivity index (χ1n) is 8.64. The summed E-state index contributed by atoms with van der Waals surface area (Å²) in [5.74, 6) is 1.63. The number of thioether (sulfide) groups is 1. The van der Waals surface area contributed by atoms with E-state index in [9.17, 15) is 0 Å². The van der Waals surface area contributed by atoms with Crippen LogP contribution in [0.5, 0.6) is 5.75 Å². The Labute approximate surface area is 162 Å². The first-order chi connectivity index (χ1) is 13.3. The van der Waals surface area contributed by atoms with Gasteiger partial charge < -0.3 is 10.1 Å². The number of nitrogens with one attached hydrogen (secondary N) is 1. The molecule has 1 N–H and O–H groups in total. The van der Waals surface area contributed by atoms with Crippen molar-refractivity contribution in [1.29, 1.82) is 0 Å². The zero-order chi connectivity index (χ0) is 18.5. The van der Waals surface area contributed by atoms with Crippen molar-refractivity contribution < 1.29 is 4.74 Å². The molecule has 0 aliphatic rings. The molecule has 3 aromatic carbocycles. The van der Waals surface area contributed by atoms with Crippen LogP contribution in [0.1, 0.15) is 5.56 Å². The molecule has 0 bridgehead atoms. The highest BCUT2D eigenvalue weighted by Gasteiger charge is 2.06. The van der Waals surface area contributed by atoms with E-state index in [2.05, 4.69) is 45.8 Å². The van der Waals surface area contributed by atoms with Crippen LogP contribution in [-0.2, 0) is 6.61 Å². The minimum Gasteiger partial charge on any atom is -0.489 e. The number of anilines is 2. The van der Waals surface area contributed by atoms with E-state index in [0.29, 0.717) is 6.61 Å². The lowest BCUT2D eigenvalue weighted by atomic mass is 10.2. The van der Waals surface area contributed by atoms with Gasteiger partial charge in [-0.2, -0.15) is 0 Å². The van der Waals surface area contributed by atoms with E-state index in [1.54, 1.807) is 18.1 Å². The molecule has 4 nitrogen and oxygen atoms in total. The molecule has 1 aromatic heterocycles. The predicted octanol–water partition coefficient (Wildman–Crippen LogP) is 5.67. The molecule has 134 valence electrons. The Morgan fingerprint density at radius 3 is 2.52 bits per heavy atom. The second-order valence-electron chi connectivity index (χ2n) is 6.03. The van der Waals surface area contributed by atoms with Gasteiger partial charge >= 0.3 is 0 Å². The van der Waals surface area contributed by atoms with Crippen molar-refractivity contribution in [2.24, 2.45) is 0 Å². The average molecular weight is 373 g/mol. The molecule has 0 aliphatic heterocycles. The number of hydrogen-bond donors (Lipinski definition) is 1. The zero-order valence-electron chi connectivity index (χ0n) is 14.9. The van der Waals surface area contributed by atoms with Gasteiger partial charge in [-0.25, -0.2) is 9.97 Å². The van der Waals surface area contributed by atoms with Crippen LogP contribution >= 0.6 is 11.8 Å². The molecule has 0 atom stereocenters. The smallest absolute Gasteiger partial charge is 0.141 e. The molecule has 1 heterocycles.